The molecule has 2 aromatic carbocycles. The minimum Gasteiger partial charge on any atom is -0.462 e. The Kier molecular flexibility index (Phi) is 6.28. The first-order valence-corrected chi connectivity index (χ1v) is 10.6. The first kappa shape index (κ1) is 20.5. The van der Waals surface area contributed by atoms with Crippen molar-refractivity contribution in [1.82, 2.24) is 4.72 Å². The fourth-order valence-electron chi connectivity index (χ4n) is 2.71. The normalized spacial score (nSPS) is 15.4. The Bertz CT molecular complexity index is 1050. The molecule has 2 N–H and O–H groups in total. The van der Waals surface area contributed by atoms with Gasteiger partial charge in [0.25, 0.3) is 10.0 Å². The number of carbonyl (C=O) groups is 2. The van der Waals surface area contributed by atoms with Gasteiger partial charge in [-0.25, -0.2) is 13.2 Å². The van der Waals surface area contributed by atoms with Crippen LogP contribution in [-0.4, -0.2) is 39.3 Å². The highest BCUT2D eigenvalue weighted by molar-refractivity contribution is 7.90. The van der Waals surface area contributed by atoms with E-state index in [0.29, 0.717) is 23.4 Å². The number of aliphatic imine (C=N–C) groups is 1. The average Bonchev–Trinajstić information content (AvgIpc) is 2.97. The number of esters is 1. The van der Waals surface area contributed by atoms with Crippen molar-refractivity contribution in [2.24, 2.45) is 4.99 Å². The van der Waals surface area contributed by atoms with Crippen LogP contribution in [0.3, 0.4) is 0 Å². The van der Waals surface area contributed by atoms with Crippen LogP contribution in [0.5, 0.6) is 0 Å². The topological polar surface area (TPSA) is 114 Å². The molecule has 1 amide bonds. The fourth-order valence-corrected chi connectivity index (χ4v) is 3.96. The van der Waals surface area contributed by atoms with Crippen molar-refractivity contribution in [1.29, 1.82) is 0 Å². The van der Waals surface area contributed by atoms with Crippen LogP contribution < -0.4 is 10.0 Å². The molecular weight excluding hydrogens is 394 g/mol. The van der Waals surface area contributed by atoms with E-state index >= 15 is 0 Å². The standard InChI is InChI=1S/C20H21N3O5S/c1-2-13-28-20(25)14-7-9-15(10-8-14)22-18(24)11-12-21-19-16-5-3-4-6-17(16)29(26,27)23-19/h3-10H,2,11-13H2,1H3,(H,21,23)(H,22,24). The molecule has 0 unspecified atom stereocenters. The number of ether oxygens (including phenoxy) is 1. The Labute approximate surface area is 169 Å². The van der Waals surface area contributed by atoms with Gasteiger partial charge in [-0.05, 0) is 42.8 Å². The van der Waals surface area contributed by atoms with E-state index in [1.54, 1.807) is 42.5 Å². The third-order valence-corrected chi connectivity index (χ3v) is 5.51. The van der Waals surface area contributed by atoms with Crippen LogP contribution in [0.15, 0.2) is 58.4 Å². The second-order valence-corrected chi connectivity index (χ2v) is 7.99. The van der Waals surface area contributed by atoms with Crippen molar-refractivity contribution in [3.63, 3.8) is 0 Å². The van der Waals surface area contributed by atoms with Crippen molar-refractivity contribution in [3.05, 3.63) is 59.7 Å². The second-order valence-electron chi connectivity index (χ2n) is 6.34. The molecule has 1 aliphatic rings. The minimum absolute atomic E-state index is 0.0771. The molecule has 0 saturated carbocycles. The first-order valence-electron chi connectivity index (χ1n) is 9.14. The maximum atomic E-state index is 12.1. The zero-order chi connectivity index (χ0) is 20.9. The fraction of sp³-hybridized carbons (Fsp3) is 0.250. The average molecular weight is 415 g/mol. The predicted molar refractivity (Wildman–Crippen MR) is 108 cm³/mol. The molecule has 9 heteroatoms. The monoisotopic (exact) mass is 415 g/mol. The van der Waals surface area contributed by atoms with Crippen LogP contribution in [0.1, 0.15) is 35.7 Å². The van der Waals surface area contributed by atoms with Gasteiger partial charge in [0, 0.05) is 17.7 Å². The molecule has 0 radical (unpaired) electrons. The number of sulfonamides is 1. The number of rotatable bonds is 7. The number of benzene rings is 2. The van der Waals surface area contributed by atoms with Crippen LogP contribution >= 0.6 is 0 Å². The van der Waals surface area contributed by atoms with Crippen LogP contribution in [0.4, 0.5) is 5.69 Å². The minimum atomic E-state index is -3.59. The lowest BCUT2D eigenvalue weighted by molar-refractivity contribution is -0.116. The highest BCUT2D eigenvalue weighted by atomic mass is 32.2. The molecule has 0 fully saturated rings. The maximum Gasteiger partial charge on any atom is 0.338 e. The van der Waals surface area contributed by atoms with E-state index in [1.807, 2.05) is 6.92 Å². The Morgan fingerprint density at radius 2 is 1.83 bits per heavy atom. The first-order chi connectivity index (χ1) is 13.9. The molecule has 1 aliphatic heterocycles. The van der Waals surface area contributed by atoms with Gasteiger partial charge < -0.3 is 10.1 Å². The molecule has 152 valence electrons. The lowest BCUT2D eigenvalue weighted by atomic mass is 10.2. The summed E-state index contributed by atoms with van der Waals surface area (Å²) in [7, 11) is -3.59. The second kappa shape index (κ2) is 8.87. The van der Waals surface area contributed by atoms with Gasteiger partial charge in [0.2, 0.25) is 5.91 Å². The Balaban J connectivity index is 1.54. The molecule has 0 aromatic heterocycles. The molecule has 0 saturated heterocycles. The number of hydrogen-bond acceptors (Lipinski definition) is 6. The predicted octanol–water partition coefficient (Wildman–Crippen LogP) is 2.32. The Morgan fingerprint density at radius 3 is 2.55 bits per heavy atom. The van der Waals surface area contributed by atoms with Crippen molar-refractivity contribution >= 4 is 33.4 Å². The van der Waals surface area contributed by atoms with Crippen molar-refractivity contribution < 1.29 is 22.7 Å². The summed E-state index contributed by atoms with van der Waals surface area (Å²) >= 11 is 0. The SMILES string of the molecule is CCCOC(=O)c1ccc(NC(=O)CCN=C2NS(=O)(=O)c3ccccc32)cc1. The van der Waals surface area contributed by atoms with Gasteiger partial charge in [-0.15, -0.1) is 0 Å². The quantitative estimate of drug-likeness (QED) is 0.674. The van der Waals surface area contributed by atoms with E-state index < -0.39 is 16.0 Å². The van der Waals surface area contributed by atoms with Crippen LogP contribution in [0.25, 0.3) is 0 Å². The molecule has 3 rings (SSSR count). The summed E-state index contributed by atoms with van der Waals surface area (Å²) in [4.78, 5) is 28.3. The van der Waals surface area contributed by atoms with Crippen LogP contribution in [0.2, 0.25) is 0 Å². The van der Waals surface area contributed by atoms with Gasteiger partial charge in [0.1, 0.15) is 5.84 Å². The molecule has 0 atom stereocenters. The largest absolute Gasteiger partial charge is 0.462 e. The van der Waals surface area contributed by atoms with E-state index in [0.717, 1.165) is 6.42 Å². The summed E-state index contributed by atoms with van der Waals surface area (Å²) in [6.45, 7) is 2.40. The van der Waals surface area contributed by atoms with Gasteiger partial charge in [0.05, 0.1) is 23.6 Å². The zero-order valence-corrected chi connectivity index (χ0v) is 16.7. The summed E-state index contributed by atoms with van der Waals surface area (Å²) in [6.07, 6.45) is 0.824. The van der Waals surface area contributed by atoms with E-state index in [1.165, 1.54) is 6.07 Å². The number of nitrogens with one attached hydrogen (secondary N) is 2. The molecular formula is C20H21N3O5S. The highest BCUT2D eigenvalue weighted by Gasteiger charge is 2.29. The lowest BCUT2D eigenvalue weighted by Crippen LogP contribution is -2.23. The Morgan fingerprint density at radius 1 is 1.10 bits per heavy atom. The van der Waals surface area contributed by atoms with Gasteiger partial charge in [-0.3, -0.25) is 14.5 Å². The number of anilines is 1. The smallest absolute Gasteiger partial charge is 0.338 e. The third kappa shape index (κ3) is 5.00. The summed E-state index contributed by atoms with van der Waals surface area (Å²) in [5, 5.41) is 2.71. The number of fused-ring (bicyclic) bond motifs is 1. The number of amidine groups is 1. The molecule has 0 spiro atoms. The number of nitrogens with zero attached hydrogens (tertiary/aromatic N) is 1. The number of carbonyl (C=O) groups excluding carboxylic acids is 2. The van der Waals surface area contributed by atoms with Crippen molar-refractivity contribution in [2.45, 2.75) is 24.7 Å². The van der Waals surface area contributed by atoms with Crippen molar-refractivity contribution in [3.8, 4) is 0 Å². The number of hydrogen-bond donors (Lipinski definition) is 2. The van der Waals surface area contributed by atoms with E-state index in [9.17, 15) is 18.0 Å². The van der Waals surface area contributed by atoms with E-state index in [4.69, 9.17) is 4.74 Å². The van der Waals surface area contributed by atoms with E-state index in [-0.39, 0.29) is 29.6 Å². The molecule has 29 heavy (non-hydrogen) atoms. The summed E-state index contributed by atoms with van der Waals surface area (Å²) in [5.41, 5.74) is 1.45. The third-order valence-electron chi connectivity index (χ3n) is 4.11. The van der Waals surface area contributed by atoms with Crippen molar-refractivity contribution in [2.75, 3.05) is 18.5 Å². The molecule has 0 aliphatic carbocycles. The van der Waals surface area contributed by atoms with Crippen LogP contribution in [0, 0.1) is 0 Å². The number of amides is 1. The van der Waals surface area contributed by atoms with Gasteiger partial charge in [0.15, 0.2) is 0 Å². The summed E-state index contributed by atoms with van der Waals surface area (Å²) < 4.78 is 31.5. The Hall–Kier alpha value is -3.20. The maximum absolute atomic E-state index is 12.1. The molecule has 2 aromatic rings. The van der Waals surface area contributed by atoms with Crippen LogP contribution in [-0.2, 0) is 19.6 Å². The molecule has 0 bridgehead atoms. The van der Waals surface area contributed by atoms with Gasteiger partial charge in [-0.2, -0.15) is 0 Å². The summed E-state index contributed by atoms with van der Waals surface area (Å²) in [6, 6.07) is 12.9. The molecule has 8 nitrogen and oxygen atoms in total. The molecule has 1 heterocycles. The van der Waals surface area contributed by atoms with Gasteiger partial charge in [-0.1, -0.05) is 19.1 Å². The van der Waals surface area contributed by atoms with Gasteiger partial charge >= 0.3 is 5.97 Å². The highest BCUT2D eigenvalue weighted by Crippen LogP contribution is 2.22. The zero-order valence-electron chi connectivity index (χ0n) is 15.8. The van der Waals surface area contributed by atoms with E-state index in [2.05, 4.69) is 15.0 Å². The summed E-state index contributed by atoms with van der Waals surface area (Å²) in [5.74, 6) is -0.437. The lowest BCUT2D eigenvalue weighted by Gasteiger charge is -2.06.